The molecule has 46 valence electrons. The minimum atomic E-state index is 0. The number of unbranched alkanes of at least 4 members (excludes halogenated alkanes) is 1. The van der Waals surface area contributed by atoms with Crippen molar-refractivity contribution in [2.75, 3.05) is 0 Å². The Labute approximate surface area is 74.5 Å². The van der Waals surface area contributed by atoms with Crippen molar-refractivity contribution in [2.24, 2.45) is 0 Å². The van der Waals surface area contributed by atoms with Crippen molar-refractivity contribution in [3.63, 3.8) is 0 Å². The summed E-state index contributed by atoms with van der Waals surface area (Å²) in [7, 11) is 0. The summed E-state index contributed by atoms with van der Waals surface area (Å²) >= 11 is 0. The van der Waals surface area contributed by atoms with Crippen molar-refractivity contribution in [3.8, 4) is 0 Å². The Kier molecular flexibility index (Phi) is 143. The molecule has 0 rings (SSSR count). The molecule has 0 aromatic carbocycles. The molecule has 0 aliphatic rings. The number of rotatable bonds is 1. The van der Waals surface area contributed by atoms with E-state index in [0.29, 0.717) is 0 Å². The Bertz CT molecular complexity index is 28.9. The topological polar surface area (TPSA) is 23.8 Å². The zero-order chi connectivity index (χ0) is 5.41. The van der Waals surface area contributed by atoms with E-state index in [0.717, 1.165) is 6.42 Å². The van der Waals surface area contributed by atoms with Gasteiger partial charge in [-0.15, -0.1) is 0 Å². The molecule has 2 radical (unpaired) electrons. The van der Waals surface area contributed by atoms with Crippen LogP contribution in [-0.4, -0.2) is 18.9 Å². The van der Waals surface area contributed by atoms with Crippen LogP contribution in [-0.2, 0) is 17.1 Å². The average molecular weight is 154 g/mol. The number of nitrogens with zero attached hydrogens (tertiary/aromatic N) is 1. The first-order chi connectivity index (χ1) is 2.91. The van der Waals surface area contributed by atoms with E-state index in [9.17, 15) is 0 Å². The Hall–Kier alpha value is 0.607. The van der Waals surface area contributed by atoms with Crippen LogP contribution >= 0.6 is 0 Å². The summed E-state index contributed by atoms with van der Waals surface area (Å²) in [5.41, 5.74) is 0. The van der Waals surface area contributed by atoms with Crippen LogP contribution in [0.15, 0.2) is 0 Å². The minimum Gasteiger partial charge on any atom is -0.512 e. The maximum atomic E-state index is 6.25. The van der Waals surface area contributed by atoms with Gasteiger partial charge in [-0.1, -0.05) is 13.3 Å². The Balaban J connectivity index is -0.0000000183. The van der Waals surface area contributed by atoms with Gasteiger partial charge >= 0.3 is 17.1 Å². The van der Waals surface area contributed by atoms with Gasteiger partial charge in [-0.25, -0.2) is 0 Å². The predicted molar refractivity (Wildman–Crippen MR) is 31.0 cm³/mol. The summed E-state index contributed by atoms with van der Waals surface area (Å²) in [4.78, 5) is 0. The average Bonchev–Trinajstić information content (AvgIpc) is 1.72. The summed E-state index contributed by atoms with van der Waals surface area (Å²) in [6.45, 7) is 10.5. The van der Waals surface area contributed by atoms with Crippen molar-refractivity contribution in [3.05, 3.63) is 13.5 Å². The predicted octanol–water partition coefficient (Wildman–Crippen LogP) is 1.33. The summed E-state index contributed by atoms with van der Waals surface area (Å²) < 4.78 is 0. The molecule has 0 atom stereocenters. The van der Waals surface area contributed by atoms with Crippen molar-refractivity contribution in [1.29, 1.82) is 5.26 Å². The molecule has 0 aliphatic heterocycles. The molecule has 0 saturated carbocycles. The molecule has 0 N–H and O–H groups in total. The third-order valence-electron chi connectivity index (χ3n) is 0.354. The molecule has 0 bridgehead atoms. The SMILES string of the molecule is [C-]#N.[CH2-]CCC.[Cu+2].[Li]. The van der Waals surface area contributed by atoms with E-state index in [1.807, 2.05) is 0 Å². The molecule has 3 heteroatoms. The second-order valence-corrected chi connectivity index (χ2v) is 0.854. The monoisotopic (exact) mass is 153 g/mol. The molecule has 0 aromatic heterocycles. The Morgan fingerprint density at radius 2 is 1.62 bits per heavy atom. The van der Waals surface area contributed by atoms with Gasteiger partial charge in [0.15, 0.2) is 0 Å². The van der Waals surface area contributed by atoms with Crippen LogP contribution in [0.25, 0.3) is 0 Å². The van der Waals surface area contributed by atoms with E-state index in [4.69, 9.17) is 11.8 Å². The zero-order valence-electron chi connectivity index (χ0n) is 5.37. The Morgan fingerprint density at radius 3 is 1.62 bits per heavy atom. The van der Waals surface area contributed by atoms with E-state index in [2.05, 4.69) is 13.8 Å². The Morgan fingerprint density at radius 1 is 1.50 bits per heavy atom. The normalized spacial score (nSPS) is 4.00. The summed E-state index contributed by atoms with van der Waals surface area (Å²) in [6.07, 6.45) is 2.28. The molecule has 8 heavy (non-hydrogen) atoms. The molecule has 0 spiro atoms. The molecule has 0 amide bonds. The second kappa shape index (κ2) is 48.9. The molecule has 1 nitrogen and oxygen atoms in total. The number of hydrogen-bond donors (Lipinski definition) is 0. The maximum Gasteiger partial charge on any atom is 2.00 e. The number of hydrogen-bond acceptors (Lipinski definition) is 1. The molecule has 0 aromatic rings. The molecule has 0 aliphatic carbocycles. The van der Waals surface area contributed by atoms with E-state index in [1.54, 1.807) is 0 Å². The van der Waals surface area contributed by atoms with Crippen LogP contribution in [0.4, 0.5) is 0 Å². The summed E-state index contributed by atoms with van der Waals surface area (Å²) in [6, 6.07) is 0. The van der Waals surface area contributed by atoms with Gasteiger partial charge in [0.05, 0.1) is 0 Å². The first-order valence-electron chi connectivity index (χ1n) is 1.93. The van der Waals surface area contributed by atoms with E-state index in [1.165, 1.54) is 6.42 Å². The molecule has 0 fully saturated rings. The van der Waals surface area contributed by atoms with Gasteiger partial charge in [0.2, 0.25) is 0 Å². The molecular weight excluding hydrogens is 145 g/mol. The van der Waals surface area contributed by atoms with Gasteiger partial charge < -0.3 is 18.8 Å². The van der Waals surface area contributed by atoms with Crippen LogP contribution in [0.3, 0.4) is 0 Å². The smallest absolute Gasteiger partial charge is 0.512 e. The first-order valence-corrected chi connectivity index (χ1v) is 1.93. The van der Waals surface area contributed by atoms with Crippen LogP contribution in [0, 0.1) is 18.8 Å². The van der Waals surface area contributed by atoms with Crippen LogP contribution < -0.4 is 0 Å². The van der Waals surface area contributed by atoms with E-state index >= 15 is 0 Å². The molecule has 0 unspecified atom stereocenters. The zero-order valence-corrected chi connectivity index (χ0v) is 6.31. The van der Waals surface area contributed by atoms with E-state index < -0.39 is 0 Å². The standard InChI is InChI=1S/C4H9.CN.Cu.Li/c1-3-4-2;1-2;;/h1,3-4H2,2H3;;;/q2*-1;+2;. The third-order valence-corrected chi connectivity index (χ3v) is 0.354. The van der Waals surface area contributed by atoms with Gasteiger partial charge in [0.25, 0.3) is 0 Å². The fourth-order valence-electron chi connectivity index (χ4n) is 0. The van der Waals surface area contributed by atoms with Crippen LogP contribution in [0.5, 0.6) is 0 Å². The van der Waals surface area contributed by atoms with Crippen molar-refractivity contribution >= 4 is 18.9 Å². The van der Waals surface area contributed by atoms with Gasteiger partial charge in [-0.3, -0.25) is 0 Å². The maximum absolute atomic E-state index is 6.25. The molecule has 0 heterocycles. The van der Waals surface area contributed by atoms with Gasteiger partial charge in [-0.2, -0.15) is 6.42 Å². The van der Waals surface area contributed by atoms with E-state index in [-0.39, 0.29) is 35.9 Å². The fourth-order valence-corrected chi connectivity index (χ4v) is 0. The van der Waals surface area contributed by atoms with Gasteiger partial charge in [0.1, 0.15) is 0 Å². The van der Waals surface area contributed by atoms with Gasteiger partial charge in [0, 0.05) is 18.9 Å². The third kappa shape index (κ3) is 80.4. The van der Waals surface area contributed by atoms with Crippen molar-refractivity contribution in [2.45, 2.75) is 19.8 Å². The minimum absolute atomic E-state index is 0. The summed E-state index contributed by atoms with van der Waals surface area (Å²) in [5.74, 6) is 0. The van der Waals surface area contributed by atoms with Crippen molar-refractivity contribution in [1.82, 2.24) is 0 Å². The van der Waals surface area contributed by atoms with Crippen LogP contribution in [0.1, 0.15) is 19.8 Å². The van der Waals surface area contributed by atoms with Gasteiger partial charge in [-0.05, 0) is 0 Å². The van der Waals surface area contributed by atoms with Crippen LogP contribution in [0.2, 0.25) is 0 Å². The molecule has 0 saturated heterocycles. The largest absolute Gasteiger partial charge is 2.00 e. The molecular formula is C5H9CuLiN. The second-order valence-electron chi connectivity index (χ2n) is 0.854. The first kappa shape index (κ1) is 23.5. The van der Waals surface area contributed by atoms with Crippen molar-refractivity contribution < 1.29 is 17.1 Å². The summed E-state index contributed by atoms with van der Waals surface area (Å²) in [5, 5.41) is 6.25. The quantitative estimate of drug-likeness (QED) is 0.412. The fraction of sp³-hybridized carbons (Fsp3) is 0.600.